The van der Waals surface area contributed by atoms with E-state index >= 15 is 0 Å². The highest BCUT2D eigenvalue weighted by Gasteiger charge is 2.28. The first-order valence-electron chi connectivity index (χ1n) is 9.00. The van der Waals surface area contributed by atoms with E-state index in [-0.39, 0.29) is 11.8 Å². The van der Waals surface area contributed by atoms with E-state index in [2.05, 4.69) is 25.5 Å². The lowest BCUT2D eigenvalue weighted by atomic mass is 9.97. The number of carbonyl (C=O) groups excluding carboxylic acids is 1. The van der Waals surface area contributed by atoms with Gasteiger partial charge in [-0.3, -0.25) is 9.89 Å². The van der Waals surface area contributed by atoms with Crippen LogP contribution in [0.1, 0.15) is 34.8 Å². The van der Waals surface area contributed by atoms with Gasteiger partial charge < -0.3 is 10.2 Å². The number of nitrogens with zero attached hydrogens (tertiary/aromatic N) is 4. The summed E-state index contributed by atoms with van der Waals surface area (Å²) in [6.07, 6.45) is 6.52. The van der Waals surface area contributed by atoms with Crippen molar-refractivity contribution in [2.75, 3.05) is 18.4 Å². The summed E-state index contributed by atoms with van der Waals surface area (Å²) in [5.74, 6) is 1.24. The molecule has 1 aliphatic heterocycles. The first-order valence-corrected chi connectivity index (χ1v) is 9.82. The van der Waals surface area contributed by atoms with Crippen molar-refractivity contribution in [2.24, 2.45) is 0 Å². The maximum atomic E-state index is 11.6. The SMILES string of the molecule is CC(=O)N1CC[C@@H](c2[nH]ncc2-c2ccnc(NCc3cnc(C)s3)c2)C1. The molecule has 1 fully saturated rings. The van der Waals surface area contributed by atoms with Crippen LogP contribution >= 0.6 is 11.3 Å². The van der Waals surface area contributed by atoms with E-state index in [0.29, 0.717) is 6.54 Å². The van der Waals surface area contributed by atoms with E-state index in [0.717, 1.165) is 47.2 Å². The van der Waals surface area contributed by atoms with Gasteiger partial charge in [-0.15, -0.1) is 11.3 Å². The second-order valence-corrected chi connectivity index (χ2v) is 8.10. The lowest BCUT2D eigenvalue weighted by molar-refractivity contribution is -0.127. The normalized spacial score (nSPS) is 16.7. The number of likely N-dealkylation sites (tertiary alicyclic amines) is 1. The predicted molar refractivity (Wildman–Crippen MR) is 106 cm³/mol. The second kappa shape index (κ2) is 7.48. The van der Waals surface area contributed by atoms with E-state index in [9.17, 15) is 4.79 Å². The van der Waals surface area contributed by atoms with Crippen LogP contribution in [0, 0.1) is 6.92 Å². The number of hydrogen-bond donors (Lipinski definition) is 2. The van der Waals surface area contributed by atoms with Gasteiger partial charge in [0, 0.05) is 54.5 Å². The van der Waals surface area contributed by atoms with E-state index in [4.69, 9.17) is 0 Å². The summed E-state index contributed by atoms with van der Waals surface area (Å²) in [7, 11) is 0. The molecule has 8 heteroatoms. The molecule has 0 bridgehead atoms. The lowest BCUT2D eigenvalue weighted by Crippen LogP contribution is -2.25. The number of H-pyrrole nitrogens is 1. The Morgan fingerprint density at radius 2 is 2.30 bits per heavy atom. The van der Waals surface area contributed by atoms with Crippen LogP contribution in [0.15, 0.2) is 30.7 Å². The fraction of sp³-hybridized carbons (Fsp3) is 0.368. The van der Waals surface area contributed by atoms with Crippen molar-refractivity contribution in [3.63, 3.8) is 0 Å². The molecule has 1 amide bonds. The van der Waals surface area contributed by atoms with Crippen LogP contribution in [0.5, 0.6) is 0 Å². The summed E-state index contributed by atoms with van der Waals surface area (Å²) >= 11 is 1.68. The molecule has 0 spiro atoms. The molecule has 2 N–H and O–H groups in total. The molecule has 27 heavy (non-hydrogen) atoms. The number of pyridine rings is 1. The van der Waals surface area contributed by atoms with Gasteiger partial charge in [0.05, 0.1) is 17.7 Å². The molecule has 3 aromatic rings. The van der Waals surface area contributed by atoms with Crippen molar-refractivity contribution < 1.29 is 4.79 Å². The topological polar surface area (TPSA) is 86.8 Å². The monoisotopic (exact) mass is 382 g/mol. The third-order valence-corrected chi connectivity index (χ3v) is 5.81. The van der Waals surface area contributed by atoms with Gasteiger partial charge in [-0.25, -0.2) is 9.97 Å². The van der Waals surface area contributed by atoms with Crippen molar-refractivity contribution in [1.82, 2.24) is 25.1 Å². The van der Waals surface area contributed by atoms with Crippen molar-refractivity contribution in [1.29, 1.82) is 0 Å². The number of hydrogen-bond acceptors (Lipinski definition) is 6. The van der Waals surface area contributed by atoms with Gasteiger partial charge in [0.25, 0.3) is 0 Å². The summed E-state index contributed by atoms with van der Waals surface area (Å²) in [4.78, 5) is 23.4. The molecule has 4 heterocycles. The largest absolute Gasteiger partial charge is 0.365 e. The fourth-order valence-electron chi connectivity index (χ4n) is 3.48. The van der Waals surface area contributed by atoms with Crippen molar-refractivity contribution in [3.05, 3.63) is 46.3 Å². The molecule has 0 aromatic carbocycles. The highest BCUT2D eigenvalue weighted by Crippen LogP contribution is 2.33. The Morgan fingerprint density at radius 1 is 1.41 bits per heavy atom. The molecule has 0 aliphatic carbocycles. The van der Waals surface area contributed by atoms with Gasteiger partial charge in [-0.05, 0) is 31.0 Å². The number of aromatic amines is 1. The third kappa shape index (κ3) is 3.85. The zero-order valence-corrected chi connectivity index (χ0v) is 16.2. The number of carbonyl (C=O) groups is 1. The number of anilines is 1. The van der Waals surface area contributed by atoms with Crippen molar-refractivity contribution >= 4 is 23.1 Å². The van der Waals surface area contributed by atoms with Crippen LogP contribution in [0.3, 0.4) is 0 Å². The van der Waals surface area contributed by atoms with Gasteiger partial charge in [-0.1, -0.05) is 0 Å². The molecular weight excluding hydrogens is 360 g/mol. The Hall–Kier alpha value is -2.74. The van der Waals surface area contributed by atoms with E-state index in [1.165, 1.54) is 4.88 Å². The maximum absolute atomic E-state index is 11.6. The van der Waals surface area contributed by atoms with Gasteiger partial charge in [0.15, 0.2) is 0 Å². The minimum atomic E-state index is 0.132. The van der Waals surface area contributed by atoms with Gasteiger partial charge >= 0.3 is 0 Å². The molecule has 0 unspecified atom stereocenters. The smallest absolute Gasteiger partial charge is 0.219 e. The van der Waals surface area contributed by atoms with Crippen LogP contribution in [-0.4, -0.2) is 44.1 Å². The molecule has 3 aromatic heterocycles. The number of nitrogens with one attached hydrogen (secondary N) is 2. The highest BCUT2D eigenvalue weighted by molar-refractivity contribution is 7.11. The summed E-state index contributed by atoms with van der Waals surface area (Å²) in [5, 5.41) is 11.8. The lowest BCUT2D eigenvalue weighted by Gasteiger charge is -2.14. The average Bonchev–Trinajstić information content (AvgIpc) is 3.40. The Balaban J connectivity index is 1.51. The standard InChI is InChI=1S/C19H22N6OS/c1-12-21-8-16(27-12)9-22-18-7-14(3-5-20-18)17-10-23-24-19(17)15-4-6-25(11-15)13(2)26/h3,5,7-8,10,15H,4,6,9,11H2,1-2H3,(H,20,22)(H,23,24)/t15-/m1/s1. The number of thiazole rings is 1. The van der Waals surface area contributed by atoms with Gasteiger partial charge in [0.2, 0.25) is 5.91 Å². The molecule has 140 valence electrons. The molecule has 1 saturated heterocycles. The highest BCUT2D eigenvalue weighted by atomic mass is 32.1. The Morgan fingerprint density at radius 3 is 3.04 bits per heavy atom. The maximum Gasteiger partial charge on any atom is 0.219 e. The van der Waals surface area contributed by atoms with Crippen molar-refractivity contribution in [3.8, 4) is 11.1 Å². The van der Waals surface area contributed by atoms with Gasteiger partial charge in [0.1, 0.15) is 5.82 Å². The molecular formula is C19H22N6OS. The fourth-order valence-corrected chi connectivity index (χ4v) is 4.21. The molecule has 0 radical (unpaired) electrons. The van der Waals surface area contributed by atoms with Crippen LogP contribution < -0.4 is 5.32 Å². The Kier molecular flexibility index (Phi) is 4.89. The quantitative estimate of drug-likeness (QED) is 0.708. The summed E-state index contributed by atoms with van der Waals surface area (Å²) < 4.78 is 0. The summed E-state index contributed by atoms with van der Waals surface area (Å²) in [5.41, 5.74) is 3.23. The van der Waals surface area contributed by atoms with E-state index in [1.54, 1.807) is 18.3 Å². The third-order valence-electron chi connectivity index (χ3n) is 4.89. The van der Waals surface area contributed by atoms with Crippen LogP contribution in [0.4, 0.5) is 5.82 Å². The summed E-state index contributed by atoms with van der Waals surface area (Å²) in [6, 6.07) is 4.04. The van der Waals surface area contributed by atoms with Gasteiger partial charge in [-0.2, -0.15) is 5.10 Å². The number of aromatic nitrogens is 4. The number of aryl methyl sites for hydroxylation is 1. The number of rotatable bonds is 5. The number of amides is 1. The molecule has 1 atom stereocenters. The first kappa shape index (κ1) is 17.7. The van der Waals surface area contributed by atoms with Crippen LogP contribution in [0.2, 0.25) is 0 Å². The van der Waals surface area contributed by atoms with E-state index < -0.39 is 0 Å². The Labute approximate surface area is 161 Å². The molecule has 1 aliphatic rings. The molecule has 7 nitrogen and oxygen atoms in total. The molecule has 4 rings (SSSR count). The zero-order valence-electron chi connectivity index (χ0n) is 15.4. The predicted octanol–water partition coefficient (Wildman–Crippen LogP) is 3.18. The van der Waals surface area contributed by atoms with E-state index in [1.807, 2.05) is 42.5 Å². The van der Waals surface area contributed by atoms with Crippen LogP contribution in [0.25, 0.3) is 11.1 Å². The minimum Gasteiger partial charge on any atom is -0.365 e. The average molecular weight is 382 g/mol. The summed E-state index contributed by atoms with van der Waals surface area (Å²) in [6.45, 7) is 5.88. The molecule has 0 saturated carbocycles. The first-order chi connectivity index (χ1) is 13.1. The Bertz CT molecular complexity index is 949. The van der Waals surface area contributed by atoms with Crippen LogP contribution in [-0.2, 0) is 11.3 Å². The van der Waals surface area contributed by atoms with Crippen molar-refractivity contribution in [2.45, 2.75) is 32.7 Å². The second-order valence-electron chi connectivity index (χ2n) is 6.78. The zero-order chi connectivity index (χ0) is 18.8. The minimum absolute atomic E-state index is 0.132.